The summed E-state index contributed by atoms with van der Waals surface area (Å²) in [5, 5.41) is 18.9. The van der Waals surface area contributed by atoms with E-state index in [1.807, 2.05) is 20.8 Å². The first kappa shape index (κ1) is 9.77. The lowest BCUT2D eigenvalue weighted by Gasteiger charge is -2.09. The van der Waals surface area contributed by atoms with Crippen molar-refractivity contribution in [1.82, 2.24) is 9.97 Å². The average molecular weight is 182 g/mol. The number of hydrogen-bond acceptors (Lipinski definition) is 4. The molecule has 2 N–H and O–H groups in total. The second-order valence-electron chi connectivity index (χ2n) is 3.21. The highest BCUT2D eigenvalue weighted by Gasteiger charge is 2.15. The highest BCUT2D eigenvalue weighted by molar-refractivity contribution is 5.36. The largest absolute Gasteiger partial charge is 0.493 e. The van der Waals surface area contributed by atoms with E-state index in [1.54, 1.807) is 0 Å². The molecule has 0 atom stereocenters. The normalized spacial score (nSPS) is 10.8. The van der Waals surface area contributed by atoms with Crippen molar-refractivity contribution in [3.63, 3.8) is 0 Å². The molecular weight excluding hydrogens is 168 g/mol. The first-order valence-corrected chi connectivity index (χ1v) is 4.35. The zero-order valence-electron chi connectivity index (χ0n) is 8.07. The standard InChI is InChI=1S/C9H14N2O2/c1-4-6-10-8(12)7(5(2)3)9(13)11-6/h5H,4H2,1-3H3,(H2,10,11,12,13). The molecule has 0 radical (unpaired) electrons. The van der Waals surface area contributed by atoms with Crippen LogP contribution in [0.15, 0.2) is 0 Å². The number of aromatic hydroxyl groups is 2. The van der Waals surface area contributed by atoms with Gasteiger partial charge in [-0.3, -0.25) is 0 Å². The van der Waals surface area contributed by atoms with E-state index in [0.717, 1.165) is 0 Å². The summed E-state index contributed by atoms with van der Waals surface area (Å²) in [4.78, 5) is 7.72. The third-order valence-corrected chi connectivity index (χ3v) is 1.85. The molecule has 72 valence electrons. The molecule has 1 aromatic heterocycles. The van der Waals surface area contributed by atoms with Crippen LogP contribution in [0.5, 0.6) is 11.8 Å². The predicted molar refractivity (Wildman–Crippen MR) is 48.8 cm³/mol. The molecule has 13 heavy (non-hydrogen) atoms. The fourth-order valence-corrected chi connectivity index (χ4v) is 1.16. The van der Waals surface area contributed by atoms with E-state index in [2.05, 4.69) is 9.97 Å². The van der Waals surface area contributed by atoms with E-state index in [9.17, 15) is 10.2 Å². The van der Waals surface area contributed by atoms with Crippen molar-refractivity contribution in [2.45, 2.75) is 33.1 Å². The molecule has 4 nitrogen and oxygen atoms in total. The maximum Gasteiger partial charge on any atom is 0.221 e. The third-order valence-electron chi connectivity index (χ3n) is 1.85. The molecule has 0 bridgehead atoms. The van der Waals surface area contributed by atoms with Gasteiger partial charge in [0.25, 0.3) is 0 Å². The molecule has 0 amide bonds. The van der Waals surface area contributed by atoms with Crippen LogP contribution in [-0.2, 0) is 6.42 Å². The Hall–Kier alpha value is -1.32. The Morgan fingerprint density at radius 3 is 1.92 bits per heavy atom. The van der Waals surface area contributed by atoms with Crippen LogP contribution in [0, 0.1) is 0 Å². The van der Waals surface area contributed by atoms with Crippen LogP contribution in [0.2, 0.25) is 0 Å². The van der Waals surface area contributed by atoms with Crippen molar-refractivity contribution in [1.29, 1.82) is 0 Å². The lowest BCUT2D eigenvalue weighted by Crippen LogP contribution is -1.99. The summed E-state index contributed by atoms with van der Waals surface area (Å²) in [7, 11) is 0. The summed E-state index contributed by atoms with van der Waals surface area (Å²) in [6.07, 6.45) is 0.597. The van der Waals surface area contributed by atoms with Crippen LogP contribution in [0.1, 0.15) is 38.1 Å². The fraction of sp³-hybridized carbons (Fsp3) is 0.556. The molecule has 0 aliphatic rings. The lowest BCUT2D eigenvalue weighted by molar-refractivity contribution is 0.400. The van der Waals surface area contributed by atoms with Crippen LogP contribution >= 0.6 is 0 Å². The summed E-state index contributed by atoms with van der Waals surface area (Å²) in [6.45, 7) is 5.59. The Kier molecular flexibility index (Phi) is 2.70. The number of rotatable bonds is 2. The van der Waals surface area contributed by atoms with E-state index < -0.39 is 0 Å². The zero-order chi connectivity index (χ0) is 10.0. The van der Waals surface area contributed by atoms with Gasteiger partial charge in [-0.05, 0) is 5.92 Å². The van der Waals surface area contributed by atoms with Gasteiger partial charge < -0.3 is 10.2 Å². The molecule has 0 aromatic carbocycles. The molecule has 0 spiro atoms. The Bertz CT molecular complexity index is 287. The maximum absolute atomic E-state index is 9.46. The monoisotopic (exact) mass is 182 g/mol. The van der Waals surface area contributed by atoms with Gasteiger partial charge >= 0.3 is 0 Å². The van der Waals surface area contributed by atoms with Crippen molar-refractivity contribution in [2.24, 2.45) is 0 Å². The SMILES string of the molecule is CCc1nc(O)c(C(C)C)c(O)n1. The van der Waals surface area contributed by atoms with Crippen LogP contribution in [-0.4, -0.2) is 20.2 Å². The number of aryl methyl sites for hydroxylation is 1. The smallest absolute Gasteiger partial charge is 0.221 e. The van der Waals surface area contributed by atoms with Crippen LogP contribution in [0.4, 0.5) is 0 Å². The van der Waals surface area contributed by atoms with Crippen molar-refractivity contribution in [2.75, 3.05) is 0 Å². The van der Waals surface area contributed by atoms with Crippen LogP contribution < -0.4 is 0 Å². The second kappa shape index (κ2) is 3.60. The van der Waals surface area contributed by atoms with Gasteiger partial charge in [0.15, 0.2) is 0 Å². The highest BCUT2D eigenvalue weighted by Crippen LogP contribution is 2.30. The highest BCUT2D eigenvalue weighted by atomic mass is 16.3. The minimum atomic E-state index is -0.112. The number of hydrogen-bond donors (Lipinski definition) is 2. The van der Waals surface area contributed by atoms with Crippen LogP contribution in [0.25, 0.3) is 0 Å². The van der Waals surface area contributed by atoms with Gasteiger partial charge in [0.05, 0.1) is 5.56 Å². The molecule has 0 fully saturated rings. The molecule has 0 aliphatic heterocycles. The zero-order valence-corrected chi connectivity index (χ0v) is 8.07. The van der Waals surface area contributed by atoms with E-state index in [0.29, 0.717) is 17.8 Å². The Balaban J connectivity index is 3.23. The molecule has 4 heteroatoms. The second-order valence-corrected chi connectivity index (χ2v) is 3.21. The molecule has 1 aromatic rings. The summed E-state index contributed by atoms with van der Waals surface area (Å²) < 4.78 is 0. The first-order valence-electron chi connectivity index (χ1n) is 4.35. The molecular formula is C9H14N2O2. The number of aromatic nitrogens is 2. The predicted octanol–water partition coefficient (Wildman–Crippen LogP) is 1.57. The number of nitrogens with zero attached hydrogens (tertiary/aromatic N) is 2. The summed E-state index contributed by atoms with van der Waals surface area (Å²) in [5.74, 6) is 0.254. The first-order chi connectivity index (χ1) is 6.06. The van der Waals surface area contributed by atoms with Crippen molar-refractivity contribution in [3.05, 3.63) is 11.4 Å². The lowest BCUT2D eigenvalue weighted by atomic mass is 10.1. The molecule has 0 unspecified atom stereocenters. The minimum Gasteiger partial charge on any atom is -0.493 e. The topological polar surface area (TPSA) is 66.2 Å². The van der Waals surface area contributed by atoms with Crippen molar-refractivity contribution < 1.29 is 10.2 Å². The fourth-order valence-electron chi connectivity index (χ4n) is 1.16. The van der Waals surface area contributed by atoms with Gasteiger partial charge in [0.1, 0.15) is 5.82 Å². The van der Waals surface area contributed by atoms with Gasteiger partial charge in [-0.15, -0.1) is 0 Å². The molecule has 1 heterocycles. The Morgan fingerprint density at radius 1 is 1.15 bits per heavy atom. The summed E-state index contributed by atoms with van der Waals surface area (Å²) in [5.41, 5.74) is 0.414. The minimum absolute atomic E-state index is 0.0194. The van der Waals surface area contributed by atoms with Gasteiger partial charge in [0, 0.05) is 6.42 Å². The van der Waals surface area contributed by atoms with Crippen LogP contribution in [0.3, 0.4) is 0 Å². The van der Waals surface area contributed by atoms with Crippen molar-refractivity contribution >= 4 is 0 Å². The van der Waals surface area contributed by atoms with E-state index in [-0.39, 0.29) is 17.7 Å². The maximum atomic E-state index is 9.46. The van der Waals surface area contributed by atoms with E-state index in [1.165, 1.54) is 0 Å². The molecule has 1 rings (SSSR count). The van der Waals surface area contributed by atoms with Gasteiger partial charge in [-0.2, -0.15) is 9.97 Å². The van der Waals surface area contributed by atoms with Gasteiger partial charge in [-0.25, -0.2) is 0 Å². The Morgan fingerprint density at radius 2 is 1.62 bits per heavy atom. The molecule has 0 aliphatic carbocycles. The van der Waals surface area contributed by atoms with E-state index in [4.69, 9.17) is 0 Å². The summed E-state index contributed by atoms with van der Waals surface area (Å²) >= 11 is 0. The van der Waals surface area contributed by atoms with Crippen molar-refractivity contribution in [3.8, 4) is 11.8 Å². The van der Waals surface area contributed by atoms with Gasteiger partial charge in [0.2, 0.25) is 11.8 Å². The quantitative estimate of drug-likeness (QED) is 0.728. The average Bonchev–Trinajstić information content (AvgIpc) is 2.02. The molecule has 0 saturated heterocycles. The Labute approximate surface area is 77.3 Å². The molecule has 0 saturated carbocycles. The third kappa shape index (κ3) is 1.88. The van der Waals surface area contributed by atoms with E-state index >= 15 is 0 Å². The van der Waals surface area contributed by atoms with Gasteiger partial charge in [-0.1, -0.05) is 20.8 Å². The summed E-state index contributed by atoms with van der Waals surface area (Å²) in [6, 6.07) is 0.